The predicted molar refractivity (Wildman–Crippen MR) is 50.8 cm³/mol. The number of nitrogens with zero attached hydrogens (tertiary/aromatic N) is 2. The van der Waals surface area contributed by atoms with Crippen LogP contribution in [0.5, 0.6) is 0 Å². The molecule has 2 rings (SSSR count). The van der Waals surface area contributed by atoms with Crippen molar-refractivity contribution in [1.29, 1.82) is 0 Å². The lowest BCUT2D eigenvalue weighted by atomic mass is 10.1. The molecule has 16 heavy (non-hydrogen) atoms. The van der Waals surface area contributed by atoms with Crippen LogP contribution in [-0.4, -0.2) is 21.2 Å². The van der Waals surface area contributed by atoms with Crippen molar-refractivity contribution in [2.45, 2.75) is 6.42 Å². The number of aromatic amines is 1. The van der Waals surface area contributed by atoms with Crippen molar-refractivity contribution in [1.82, 2.24) is 15.4 Å². The maximum absolute atomic E-state index is 12.9. The van der Waals surface area contributed by atoms with Crippen LogP contribution in [0.2, 0.25) is 0 Å². The summed E-state index contributed by atoms with van der Waals surface area (Å²) in [6.45, 7) is 0. The molecule has 82 valence electrons. The van der Waals surface area contributed by atoms with Gasteiger partial charge in [0.25, 0.3) is 0 Å². The number of hydrogen-bond acceptors (Lipinski definition) is 3. The SMILES string of the molecule is O=C(Cc1ccc(F)c(F)c1)c1cn[nH]n1. The van der Waals surface area contributed by atoms with Gasteiger partial charge in [0, 0.05) is 6.42 Å². The molecule has 1 aromatic heterocycles. The normalized spacial score (nSPS) is 10.4. The third kappa shape index (κ3) is 2.10. The van der Waals surface area contributed by atoms with Gasteiger partial charge < -0.3 is 0 Å². The summed E-state index contributed by atoms with van der Waals surface area (Å²) in [7, 11) is 0. The van der Waals surface area contributed by atoms with Gasteiger partial charge in [0.2, 0.25) is 0 Å². The largest absolute Gasteiger partial charge is 0.292 e. The highest BCUT2D eigenvalue weighted by atomic mass is 19.2. The Morgan fingerprint density at radius 2 is 2.12 bits per heavy atom. The summed E-state index contributed by atoms with van der Waals surface area (Å²) in [4.78, 5) is 11.5. The van der Waals surface area contributed by atoms with E-state index in [0.29, 0.717) is 5.56 Å². The molecular weight excluding hydrogens is 216 g/mol. The fourth-order valence-corrected chi connectivity index (χ4v) is 1.26. The lowest BCUT2D eigenvalue weighted by Gasteiger charge is -1.99. The van der Waals surface area contributed by atoms with Gasteiger partial charge in [-0.05, 0) is 17.7 Å². The number of Topliss-reactive ketones (excluding diaryl/α,β-unsaturated/α-hetero) is 1. The molecule has 0 atom stereocenters. The van der Waals surface area contributed by atoms with Crippen LogP contribution in [0.3, 0.4) is 0 Å². The molecule has 0 radical (unpaired) electrons. The summed E-state index contributed by atoms with van der Waals surface area (Å²) < 4.78 is 25.5. The van der Waals surface area contributed by atoms with Crippen molar-refractivity contribution >= 4 is 5.78 Å². The molecule has 0 bridgehead atoms. The molecule has 0 unspecified atom stereocenters. The number of benzene rings is 1. The van der Waals surface area contributed by atoms with E-state index < -0.39 is 11.6 Å². The van der Waals surface area contributed by atoms with Crippen LogP contribution >= 0.6 is 0 Å². The first-order valence-corrected chi connectivity index (χ1v) is 4.49. The first kappa shape index (κ1) is 10.4. The van der Waals surface area contributed by atoms with Gasteiger partial charge in [-0.2, -0.15) is 15.4 Å². The van der Waals surface area contributed by atoms with E-state index in [0.717, 1.165) is 12.1 Å². The molecule has 4 nitrogen and oxygen atoms in total. The van der Waals surface area contributed by atoms with Crippen molar-refractivity contribution in [3.8, 4) is 0 Å². The summed E-state index contributed by atoms with van der Waals surface area (Å²) in [5.74, 6) is -2.21. The summed E-state index contributed by atoms with van der Waals surface area (Å²) in [5.41, 5.74) is 0.566. The quantitative estimate of drug-likeness (QED) is 0.802. The van der Waals surface area contributed by atoms with Gasteiger partial charge in [0.15, 0.2) is 17.4 Å². The minimum absolute atomic E-state index is 0.0380. The first-order chi connectivity index (χ1) is 7.66. The maximum atomic E-state index is 12.9. The second-order valence-corrected chi connectivity index (χ2v) is 3.20. The van der Waals surface area contributed by atoms with Gasteiger partial charge in [-0.15, -0.1) is 0 Å². The van der Waals surface area contributed by atoms with E-state index in [4.69, 9.17) is 0 Å². The van der Waals surface area contributed by atoms with E-state index in [9.17, 15) is 13.6 Å². The van der Waals surface area contributed by atoms with E-state index in [-0.39, 0.29) is 17.9 Å². The molecule has 6 heteroatoms. The number of hydrogen-bond donors (Lipinski definition) is 1. The topological polar surface area (TPSA) is 58.6 Å². The van der Waals surface area contributed by atoms with Crippen LogP contribution < -0.4 is 0 Å². The maximum Gasteiger partial charge on any atom is 0.189 e. The minimum Gasteiger partial charge on any atom is -0.292 e. The summed E-state index contributed by atoms with van der Waals surface area (Å²) >= 11 is 0. The van der Waals surface area contributed by atoms with Crippen LogP contribution in [-0.2, 0) is 6.42 Å². The first-order valence-electron chi connectivity index (χ1n) is 4.49. The molecule has 2 aromatic rings. The Hall–Kier alpha value is -2.11. The van der Waals surface area contributed by atoms with Gasteiger partial charge in [-0.3, -0.25) is 4.79 Å². The van der Waals surface area contributed by atoms with Crippen molar-refractivity contribution in [3.63, 3.8) is 0 Å². The van der Waals surface area contributed by atoms with Crippen molar-refractivity contribution in [3.05, 3.63) is 47.3 Å². The van der Waals surface area contributed by atoms with E-state index in [1.807, 2.05) is 0 Å². The zero-order valence-corrected chi connectivity index (χ0v) is 8.08. The molecule has 1 N–H and O–H groups in total. The van der Waals surface area contributed by atoms with Gasteiger partial charge >= 0.3 is 0 Å². The number of H-pyrrole nitrogens is 1. The molecule has 0 aliphatic carbocycles. The number of nitrogens with one attached hydrogen (secondary N) is 1. The summed E-state index contributed by atoms with van der Waals surface area (Å²) in [6, 6.07) is 3.34. The highest BCUT2D eigenvalue weighted by molar-refractivity contribution is 5.95. The third-order valence-corrected chi connectivity index (χ3v) is 2.05. The Balaban J connectivity index is 2.15. The Morgan fingerprint density at radius 1 is 1.31 bits per heavy atom. The molecule has 0 spiro atoms. The monoisotopic (exact) mass is 223 g/mol. The van der Waals surface area contributed by atoms with Crippen molar-refractivity contribution < 1.29 is 13.6 Å². The van der Waals surface area contributed by atoms with Crippen LogP contribution in [0.25, 0.3) is 0 Å². The molecule has 1 heterocycles. The summed E-state index contributed by atoms with van der Waals surface area (Å²) in [5, 5.41) is 9.39. The number of aromatic nitrogens is 3. The van der Waals surface area contributed by atoms with Crippen LogP contribution in [0.1, 0.15) is 16.1 Å². The van der Waals surface area contributed by atoms with Gasteiger partial charge in [-0.25, -0.2) is 8.78 Å². The lowest BCUT2D eigenvalue weighted by Crippen LogP contribution is -2.04. The number of carbonyl (C=O) groups is 1. The smallest absolute Gasteiger partial charge is 0.189 e. The molecule has 0 aliphatic heterocycles. The van der Waals surface area contributed by atoms with Crippen molar-refractivity contribution in [2.75, 3.05) is 0 Å². The molecule has 0 fully saturated rings. The van der Waals surface area contributed by atoms with Gasteiger partial charge in [-0.1, -0.05) is 6.07 Å². The molecular formula is C10H7F2N3O. The number of halogens is 2. The fraction of sp³-hybridized carbons (Fsp3) is 0.100. The van der Waals surface area contributed by atoms with E-state index >= 15 is 0 Å². The van der Waals surface area contributed by atoms with Crippen LogP contribution in [0.15, 0.2) is 24.4 Å². The fourth-order valence-electron chi connectivity index (χ4n) is 1.26. The molecule has 0 aliphatic rings. The molecule has 0 saturated carbocycles. The summed E-state index contributed by atoms with van der Waals surface area (Å²) in [6.07, 6.45) is 1.24. The van der Waals surface area contributed by atoms with E-state index in [1.165, 1.54) is 12.3 Å². The van der Waals surface area contributed by atoms with Gasteiger partial charge in [0.1, 0.15) is 5.69 Å². The highest BCUT2D eigenvalue weighted by Crippen LogP contribution is 2.10. The average molecular weight is 223 g/mol. The highest BCUT2D eigenvalue weighted by Gasteiger charge is 2.11. The van der Waals surface area contributed by atoms with Gasteiger partial charge in [0.05, 0.1) is 6.20 Å². The third-order valence-electron chi connectivity index (χ3n) is 2.05. The number of ketones is 1. The Kier molecular flexibility index (Phi) is 2.72. The van der Waals surface area contributed by atoms with Crippen LogP contribution in [0, 0.1) is 11.6 Å². The molecule has 0 amide bonds. The second-order valence-electron chi connectivity index (χ2n) is 3.20. The predicted octanol–water partition coefficient (Wildman–Crippen LogP) is 1.51. The lowest BCUT2D eigenvalue weighted by molar-refractivity contribution is 0.0988. The zero-order chi connectivity index (χ0) is 11.5. The molecule has 1 aromatic carbocycles. The zero-order valence-electron chi connectivity index (χ0n) is 8.08. The molecule has 0 saturated heterocycles. The van der Waals surface area contributed by atoms with E-state index in [2.05, 4.69) is 15.4 Å². The Labute approximate surface area is 89.3 Å². The second kappa shape index (κ2) is 4.18. The standard InChI is InChI=1S/C10H7F2N3O/c11-7-2-1-6(3-8(7)12)4-10(16)9-5-13-15-14-9/h1-3,5H,4H2,(H,13,14,15). The van der Waals surface area contributed by atoms with E-state index in [1.54, 1.807) is 0 Å². The Morgan fingerprint density at radius 3 is 2.75 bits per heavy atom. The minimum atomic E-state index is -0.967. The average Bonchev–Trinajstić information content (AvgIpc) is 2.77. The van der Waals surface area contributed by atoms with Crippen LogP contribution in [0.4, 0.5) is 8.78 Å². The number of rotatable bonds is 3. The van der Waals surface area contributed by atoms with Crippen molar-refractivity contribution in [2.24, 2.45) is 0 Å². The number of carbonyl (C=O) groups excluding carboxylic acids is 1. The Bertz CT molecular complexity index is 511.